The maximum Gasteiger partial charge on any atom is 0.331 e. The van der Waals surface area contributed by atoms with Crippen LogP contribution >= 0.6 is 0 Å². The number of benzene rings is 1. The van der Waals surface area contributed by atoms with Crippen LogP contribution in [0.2, 0.25) is 0 Å². The summed E-state index contributed by atoms with van der Waals surface area (Å²) in [5.74, 6) is -0.975. The van der Waals surface area contributed by atoms with Crippen LogP contribution in [0.3, 0.4) is 0 Å². The number of aryl methyl sites for hydroxylation is 2. The van der Waals surface area contributed by atoms with Gasteiger partial charge < -0.3 is 10.0 Å². The number of carboxylic acids is 1. The van der Waals surface area contributed by atoms with Crippen LogP contribution in [-0.2, 0) is 9.59 Å². The number of hydrogen-bond acceptors (Lipinski definition) is 2. The maximum atomic E-state index is 11.4. The molecule has 0 aromatic heterocycles. The first-order valence-electron chi connectivity index (χ1n) is 6.07. The molecule has 1 aliphatic carbocycles. The molecule has 18 heavy (non-hydrogen) atoms. The monoisotopic (exact) mass is 247 g/mol. The predicted octanol–water partition coefficient (Wildman–Crippen LogP) is 2.05. The van der Waals surface area contributed by atoms with Gasteiger partial charge in [-0.15, -0.1) is 0 Å². The van der Waals surface area contributed by atoms with Crippen molar-refractivity contribution in [2.75, 3.05) is 0 Å². The molecule has 0 saturated heterocycles. The van der Waals surface area contributed by atoms with Gasteiger partial charge in [0.1, 0.15) is 0 Å². The van der Waals surface area contributed by atoms with E-state index in [1.165, 1.54) is 4.90 Å². The summed E-state index contributed by atoms with van der Waals surface area (Å²) < 4.78 is 0. The van der Waals surface area contributed by atoms with Gasteiger partial charge in [0.2, 0.25) is 6.41 Å². The summed E-state index contributed by atoms with van der Waals surface area (Å²) in [4.78, 5) is 24.0. The highest BCUT2D eigenvalue weighted by Gasteiger charge is 2.37. The normalized spacial score (nSPS) is 16.1. The first-order chi connectivity index (χ1) is 8.54. The van der Waals surface area contributed by atoms with Crippen LogP contribution in [0.5, 0.6) is 0 Å². The molecule has 96 valence electrons. The van der Waals surface area contributed by atoms with E-state index in [-0.39, 0.29) is 6.04 Å². The van der Waals surface area contributed by atoms with E-state index < -0.39 is 12.0 Å². The Bertz CT molecular complexity index is 480. The van der Waals surface area contributed by atoms with Gasteiger partial charge in [0, 0.05) is 6.04 Å². The van der Waals surface area contributed by atoms with Gasteiger partial charge in [-0.1, -0.05) is 18.2 Å². The van der Waals surface area contributed by atoms with Gasteiger partial charge in [0.25, 0.3) is 0 Å². The van der Waals surface area contributed by atoms with Gasteiger partial charge in [-0.05, 0) is 43.4 Å². The van der Waals surface area contributed by atoms with Crippen LogP contribution in [0.15, 0.2) is 18.2 Å². The van der Waals surface area contributed by atoms with Gasteiger partial charge in [-0.3, -0.25) is 4.79 Å². The summed E-state index contributed by atoms with van der Waals surface area (Å²) >= 11 is 0. The van der Waals surface area contributed by atoms with Crippen LogP contribution in [0, 0.1) is 13.8 Å². The van der Waals surface area contributed by atoms with Gasteiger partial charge in [0.15, 0.2) is 6.04 Å². The van der Waals surface area contributed by atoms with E-state index in [0.29, 0.717) is 12.0 Å². The lowest BCUT2D eigenvalue weighted by Gasteiger charge is -2.25. The van der Waals surface area contributed by atoms with Crippen LogP contribution in [-0.4, -0.2) is 28.4 Å². The van der Waals surface area contributed by atoms with Gasteiger partial charge in [-0.25, -0.2) is 4.79 Å². The number of hydrogen-bond donors (Lipinski definition) is 1. The fourth-order valence-electron chi connectivity index (χ4n) is 2.11. The van der Waals surface area contributed by atoms with E-state index >= 15 is 0 Å². The summed E-state index contributed by atoms with van der Waals surface area (Å²) in [6.07, 6.45) is 2.45. The number of aliphatic carboxylic acids is 1. The Morgan fingerprint density at radius 2 is 2.06 bits per heavy atom. The third-order valence-corrected chi connectivity index (χ3v) is 3.47. The molecule has 1 aliphatic rings. The zero-order valence-corrected chi connectivity index (χ0v) is 10.6. The van der Waals surface area contributed by atoms with Crippen molar-refractivity contribution < 1.29 is 14.7 Å². The molecule has 1 amide bonds. The molecule has 1 atom stereocenters. The van der Waals surface area contributed by atoms with E-state index in [4.69, 9.17) is 0 Å². The van der Waals surface area contributed by atoms with Gasteiger partial charge >= 0.3 is 5.97 Å². The minimum Gasteiger partial charge on any atom is -0.479 e. The molecule has 0 spiro atoms. The molecule has 1 aromatic carbocycles. The number of rotatable bonds is 5. The summed E-state index contributed by atoms with van der Waals surface area (Å²) in [7, 11) is 0. The molecule has 0 bridgehead atoms. The molecule has 4 nitrogen and oxygen atoms in total. The predicted molar refractivity (Wildman–Crippen MR) is 67.2 cm³/mol. The second-order valence-corrected chi connectivity index (χ2v) is 4.87. The molecule has 0 heterocycles. The van der Waals surface area contributed by atoms with Crippen LogP contribution in [0.25, 0.3) is 0 Å². The van der Waals surface area contributed by atoms with E-state index in [2.05, 4.69) is 0 Å². The zero-order valence-electron chi connectivity index (χ0n) is 10.6. The molecule has 4 heteroatoms. The Morgan fingerprint density at radius 1 is 1.39 bits per heavy atom. The quantitative estimate of drug-likeness (QED) is 0.810. The smallest absolute Gasteiger partial charge is 0.331 e. The number of carbonyl (C=O) groups is 2. The lowest BCUT2D eigenvalue weighted by atomic mass is 10.00. The highest BCUT2D eigenvalue weighted by molar-refractivity contribution is 5.78. The lowest BCUT2D eigenvalue weighted by molar-refractivity contribution is -0.147. The van der Waals surface area contributed by atoms with Crippen molar-refractivity contribution in [2.24, 2.45) is 0 Å². The molecular formula is C14H17NO3. The van der Waals surface area contributed by atoms with Crippen molar-refractivity contribution >= 4 is 12.4 Å². The van der Waals surface area contributed by atoms with E-state index in [1.54, 1.807) is 6.07 Å². The lowest BCUT2D eigenvalue weighted by Crippen LogP contribution is -2.34. The average molecular weight is 247 g/mol. The summed E-state index contributed by atoms with van der Waals surface area (Å²) in [6, 6.07) is 4.77. The molecule has 1 N–H and O–H groups in total. The average Bonchev–Trinajstić information content (AvgIpc) is 3.13. The van der Waals surface area contributed by atoms with Crippen LogP contribution in [0.4, 0.5) is 0 Å². The van der Waals surface area contributed by atoms with E-state index in [0.717, 1.165) is 24.0 Å². The SMILES string of the molecule is Cc1ccc(C(C(=O)O)N(C=O)C2CC2)cc1C. The number of carbonyl (C=O) groups excluding carboxylic acids is 1. The molecule has 1 fully saturated rings. The molecular weight excluding hydrogens is 230 g/mol. The van der Waals surface area contributed by atoms with Gasteiger partial charge in [-0.2, -0.15) is 0 Å². The Balaban J connectivity index is 2.36. The summed E-state index contributed by atoms with van der Waals surface area (Å²) in [5.41, 5.74) is 2.83. The fourth-order valence-corrected chi connectivity index (χ4v) is 2.11. The highest BCUT2D eigenvalue weighted by Crippen LogP contribution is 2.33. The largest absolute Gasteiger partial charge is 0.479 e. The molecule has 0 aliphatic heterocycles. The minimum absolute atomic E-state index is 0.0882. The van der Waals surface area contributed by atoms with Crippen molar-refractivity contribution in [2.45, 2.75) is 38.8 Å². The number of carboxylic acid groups (broad SMARTS) is 1. The molecule has 0 radical (unpaired) electrons. The van der Waals surface area contributed by atoms with Crippen molar-refractivity contribution in [1.82, 2.24) is 4.90 Å². The Hall–Kier alpha value is -1.84. The van der Waals surface area contributed by atoms with Crippen molar-refractivity contribution in [1.29, 1.82) is 0 Å². The maximum absolute atomic E-state index is 11.4. The summed E-state index contributed by atoms with van der Waals surface area (Å²) in [6.45, 7) is 3.92. The molecule has 1 unspecified atom stereocenters. The zero-order chi connectivity index (χ0) is 13.3. The minimum atomic E-state index is -0.975. The van der Waals surface area contributed by atoms with Crippen LogP contribution in [0.1, 0.15) is 35.6 Å². The topological polar surface area (TPSA) is 57.6 Å². The van der Waals surface area contributed by atoms with Crippen LogP contribution < -0.4 is 0 Å². The molecule has 1 aromatic rings. The summed E-state index contributed by atoms with van der Waals surface area (Å²) in [5, 5.41) is 9.36. The molecule has 2 rings (SSSR count). The highest BCUT2D eigenvalue weighted by atomic mass is 16.4. The fraction of sp³-hybridized carbons (Fsp3) is 0.429. The Morgan fingerprint density at radius 3 is 2.50 bits per heavy atom. The first kappa shape index (κ1) is 12.6. The third-order valence-electron chi connectivity index (χ3n) is 3.47. The van der Waals surface area contributed by atoms with Gasteiger partial charge in [0.05, 0.1) is 0 Å². The number of nitrogens with zero attached hydrogens (tertiary/aromatic N) is 1. The second kappa shape index (κ2) is 4.80. The number of amides is 1. The van der Waals surface area contributed by atoms with Crippen molar-refractivity contribution in [3.05, 3.63) is 34.9 Å². The standard InChI is InChI=1S/C14H17NO3/c1-9-3-4-11(7-10(9)2)13(14(17)18)15(8-16)12-5-6-12/h3-4,7-8,12-13H,5-6H2,1-2H3,(H,17,18). The Labute approximate surface area is 106 Å². The van der Waals surface area contributed by atoms with Crippen molar-refractivity contribution in [3.63, 3.8) is 0 Å². The van der Waals surface area contributed by atoms with E-state index in [1.807, 2.05) is 26.0 Å². The Kier molecular flexibility index (Phi) is 3.36. The molecule has 1 saturated carbocycles. The third kappa shape index (κ3) is 2.37. The van der Waals surface area contributed by atoms with Crippen molar-refractivity contribution in [3.8, 4) is 0 Å². The van der Waals surface area contributed by atoms with E-state index in [9.17, 15) is 14.7 Å². The first-order valence-corrected chi connectivity index (χ1v) is 6.07. The second-order valence-electron chi connectivity index (χ2n) is 4.87.